The van der Waals surface area contributed by atoms with Gasteiger partial charge in [0.05, 0.1) is 5.92 Å². The second-order valence-electron chi connectivity index (χ2n) is 5.26. The van der Waals surface area contributed by atoms with Gasteiger partial charge in [-0.25, -0.2) is 4.98 Å². The van der Waals surface area contributed by atoms with Crippen molar-refractivity contribution in [3.8, 4) is 0 Å². The number of nitrogens with zero attached hydrogens (tertiary/aromatic N) is 4. The molecule has 0 aliphatic heterocycles. The molecule has 7 heteroatoms. The largest absolute Gasteiger partial charge is 0.481 e. The molecule has 0 bridgehead atoms. The van der Waals surface area contributed by atoms with Crippen LogP contribution in [0.5, 0.6) is 0 Å². The fraction of sp³-hybridized carbons (Fsp3) is 0.538. The van der Waals surface area contributed by atoms with Gasteiger partial charge >= 0.3 is 5.97 Å². The number of carboxylic acids is 1. The summed E-state index contributed by atoms with van der Waals surface area (Å²) < 4.78 is 1.81. The number of hydrogen-bond donors (Lipinski definition) is 2. The van der Waals surface area contributed by atoms with Crippen LogP contribution in [0.1, 0.15) is 26.1 Å². The number of hydrogen-bond acceptors (Lipinski definition) is 5. The number of anilines is 1. The third-order valence-corrected chi connectivity index (χ3v) is 3.12. The summed E-state index contributed by atoms with van der Waals surface area (Å²) in [6.07, 6.45) is 4.04. The molecular formula is C13H19N5O2. The summed E-state index contributed by atoms with van der Waals surface area (Å²) in [6, 6.07) is 0. The molecule has 0 amide bonds. The Morgan fingerprint density at radius 2 is 2.20 bits per heavy atom. The number of aromatic nitrogens is 4. The van der Waals surface area contributed by atoms with E-state index in [0.717, 1.165) is 5.82 Å². The molecule has 0 radical (unpaired) electrons. The number of aliphatic carboxylic acids is 1. The van der Waals surface area contributed by atoms with E-state index in [0.29, 0.717) is 30.3 Å². The van der Waals surface area contributed by atoms with E-state index >= 15 is 0 Å². The van der Waals surface area contributed by atoms with Gasteiger partial charge in [0, 0.05) is 18.9 Å². The van der Waals surface area contributed by atoms with Crippen molar-refractivity contribution in [2.24, 2.45) is 11.8 Å². The van der Waals surface area contributed by atoms with Crippen molar-refractivity contribution >= 4 is 17.4 Å². The van der Waals surface area contributed by atoms with Crippen molar-refractivity contribution in [2.45, 2.75) is 27.2 Å². The molecule has 0 aliphatic carbocycles. The molecule has 0 fully saturated rings. The number of carboxylic acid groups (broad SMARTS) is 1. The van der Waals surface area contributed by atoms with Crippen LogP contribution in [0, 0.1) is 18.8 Å². The quantitative estimate of drug-likeness (QED) is 0.833. The molecule has 108 valence electrons. The van der Waals surface area contributed by atoms with Gasteiger partial charge in [0.1, 0.15) is 5.82 Å². The molecule has 1 unspecified atom stereocenters. The SMILES string of the molecule is Cc1nnc2c(NCC(CC(C)C)C(=O)O)nccn12. The Kier molecular flexibility index (Phi) is 4.16. The highest BCUT2D eigenvalue weighted by Crippen LogP contribution is 2.16. The van der Waals surface area contributed by atoms with Gasteiger partial charge in [0.25, 0.3) is 0 Å². The van der Waals surface area contributed by atoms with E-state index in [2.05, 4.69) is 20.5 Å². The van der Waals surface area contributed by atoms with Crippen molar-refractivity contribution in [1.82, 2.24) is 19.6 Å². The zero-order valence-electron chi connectivity index (χ0n) is 11.9. The molecular weight excluding hydrogens is 258 g/mol. The maximum atomic E-state index is 11.2. The summed E-state index contributed by atoms with van der Waals surface area (Å²) in [7, 11) is 0. The lowest BCUT2D eigenvalue weighted by molar-refractivity contribution is -0.141. The summed E-state index contributed by atoms with van der Waals surface area (Å²) in [5, 5.41) is 20.3. The van der Waals surface area contributed by atoms with Crippen LogP contribution in [0.2, 0.25) is 0 Å². The van der Waals surface area contributed by atoms with Gasteiger partial charge in [-0.1, -0.05) is 13.8 Å². The predicted molar refractivity (Wildman–Crippen MR) is 74.6 cm³/mol. The lowest BCUT2D eigenvalue weighted by atomic mass is 9.97. The van der Waals surface area contributed by atoms with E-state index in [-0.39, 0.29) is 0 Å². The van der Waals surface area contributed by atoms with Crippen molar-refractivity contribution in [3.63, 3.8) is 0 Å². The average molecular weight is 277 g/mol. The van der Waals surface area contributed by atoms with Crippen LogP contribution >= 0.6 is 0 Å². The third kappa shape index (κ3) is 3.04. The average Bonchev–Trinajstić information content (AvgIpc) is 2.76. The molecule has 0 aliphatic rings. The van der Waals surface area contributed by atoms with E-state index in [1.165, 1.54) is 0 Å². The number of fused-ring (bicyclic) bond motifs is 1. The van der Waals surface area contributed by atoms with Crippen molar-refractivity contribution in [3.05, 3.63) is 18.2 Å². The Bertz CT molecular complexity index is 608. The predicted octanol–water partition coefficient (Wildman–Crippen LogP) is 1.59. The molecule has 0 saturated carbocycles. The number of aryl methyl sites for hydroxylation is 1. The van der Waals surface area contributed by atoms with Crippen LogP contribution in [-0.4, -0.2) is 37.2 Å². The first-order valence-corrected chi connectivity index (χ1v) is 6.62. The van der Waals surface area contributed by atoms with Crippen molar-refractivity contribution in [1.29, 1.82) is 0 Å². The minimum atomic E-state index is -0.796. The fourth-order valence-electron chi connectivity index (χ4n) is 2.13. The Hall–Kier alpha value is -2.18. The smallest absolute Gasteiger partial charge is 0.308 e. The zero-order chi connectivity index (χ0) is 14.7. The van der Waals surface area contributed by atoms with Crippen LogP contribution in [0.3, 0.4) is 0 Å². The Labute approximate surface area is 117 Å². The molecule has 1 atom stereocenters. The van der Waals surface area contributed by atoms with Gasteiger partial charge in [-0.2, -0.15) is 0 Å². The highest BCUT2D eigenvalue weighted by atomic mass is 16.4. The number of rotatable bonds is 6. The molecule has 0 aromatic carbocycles. The topological polar surface area (TPSA) is 92.4 Å². The molecule has 2 N–H and O–H groups in total. The highest BCUT2D eigenvalue weighted by Gasteiger charge is 2.19. The molecule has 2 aromatic rings. The Morgan fingerprint density at radius 1 is 1.45 bits per heavy atom. The van der Waals surface area contributed by atoms with Crippen LogP contribution in [-0.2, 0) is 4.79 Å². The first-order valence-electron chi connectivity index (χ1n) is 6.62. The lowest BCUT2D eigenvalue weighted by Crippen LogP contribution is -2.25. The molecule has 0 saturated heterocycles. The van der Waals surface area contributed by atoms with Gasteiger partial charge < -0.3 is 10.4 Å². The summed E-state index contributed by atoms with van der Waals surface area (Å²) in [4.78, 5) is 15.4. The number of carbonyl (C=O) groups is 1. The standard InChI is InChI=1S/C13H19N5O2/c1-8(2)6-10(13(19)20)7-15-11-12-17-16-9(3)18(12)5-4-14-11/h4-5,8,10H,6-7H2,1-3H3,(H,14,15)(H,19,20). The second-order valence-corrected chi connectivity index (χ2v) is 5.26. The third-order valence-electron chi connectivity index (χ3n) is 3.12. The van der Waals surface area contributed by atoms with Gasteiger partial charge in [0.15, 0.2) is 5.82 Å². The zero-order valence-corrected chi connectivity index (χ0v) is 11.9. The highest BCUT2D eigenvalue weighted by molar-refractivity contribution is 5.71. The summed E-state index contributed by atoms with van der Waals surface area (Å²) in [6.45, 7) is 6.20. The minimum Gasteiger partial charge on any atom is -0.481 e. The van der Waals surface area contributed by atoms with Crippen LogP contribution in [0.15, 0.2) is 12.4 Å². The van der Waals surface area contributed by atoms with E-state index in [1.54, 1.807) is 12.4 Å². The molecule has 20 heavy (non-hydrogen) atoms. The lowest BCUT2D eigenvalue weighted by Gasteiger charge is -2.15. The van der Waals surface area contributed by atoms with Gasteiger partial charge in [-0.15, -0.1) is 10.2 Å². The molecule has 2 heterocycles. The molecule has 2 rings (SSSR count). The molecule has 0 spiro atoms. The maximum absolute atomic E-state index is 11.2. The van der Waals surface area contributed by atoms with Crippen molar-refractivity contribution < 1.29 is 9.90 Å². The fourth-order valence-corrected chi connectivity index (χ4v) is 2.13. The van der Waals surface area contributed by atoms with Crippen LogP contribution in [0.4, 0.5) is 5.82 Å². The normalized spacial score (nSPS) is 12.8. The molecule has 2 aromatic heterocycles. The summed E-state index contributed by atoms with van der Waals surface area (Å²) >= 11 is 0. The van der Waals surface area contributed by atoms with E-state index in [1.807, 2.05) is 25.2 Å². The van der Waals surface area contributed by atoms with Crippen molar-refractivity contribution in [2.75, 3.05) is 11.9 Å². The first-order chi connectivity index (χ1) is 9.49. The van der Waals surface area contributed by atoms with E-state index in [9.17, 15) is 9.90 Å². The van der Waals surface area contributed by atoms with Gasteiger partial charge in [-0.3, -0.25) is 9.20 Å². The van der Waals surface area contributed by atoms with Crippen LogP contribution in [0.25, 0.3) is 5.65 Å². The van der Waals surface area contributed by atoms with Gasteiger partial charge in [0.2, 0.25) is 5.65 Å². The molecule has 7 nitrogen and oxygen atoms in total. The van der Waals surface area contributed by atoms with E-state index in [4.69, 9.17) is 0 Å². The monoisotopic (exact) mass is 277 g/mol. The number of nitrogens with one attached hydrogen (secondary N) is 1. The van der Waals surface area contributed by atoms with E-state index < -0.39 is 11.9 Å². The van der Waals surface area contributed by atoms with Gasteiger partial charge in [-0.05, 0) is 19.3 Å². The Morgan fingerprint density at radius 3 is 2.85 bits per heavy atom. The summed E-state index contributed by atoms with van der Waals surface area (Å²) in [5.74, 6) is 0.416. The minimum absolute atomic E-state index is 0.325. The summed E-state index contributed by atoms with van der Waals surface area (Å²) in [5.41, 5.74) is 0.610. The first kappa shape index (κ1) is 14.2. The Balaban J connectivity index is 2.13. The van der Waals surface area contributed by atoms with Crippen LogP contribution < -0.4 is 5.32 Å². The maximum Gasteiger partial charge on any atom is 0.308 e. The second kappa shape index (κ2) is 5.85.